The third-order valence-corrected chi connectivity index (χ3v) is 9.41. The molecule has 43 heavy (non-hydrogen) atoms. The molecule has 0 N–H and O–H groups in total. The number of carbonyl (C=O) groups is 2. The number of hydrogen-bond donors (Lipinski definition) is 0. The average molecular weight is 592 g/mol. The number of fused-ring (bicyclic) bond motifs is 2. The van der Waals surface area contributed by atoms with Crippen LogP contribution in [-0.2, 0) is 30.6 Å². The molecule has 0 saturated carbocycles. The van der Waals surface area contributed by atoms with E-state index >= 15 is 0 Å². The van der Waals surface area contributed by atoms with Crippen LogP contribution in [0.1, 0.15) is 56.7 Å². The summed E-state index contributed by atoms with van der Waals surface area (Å²) in [6.45, 7) is 3.24. The molecule has 220 valence electrons. The van der Waals surface area contributed by atoms with Crippen molar-refractivity contribution in [2.24, 2.45) is 0 Å². The van der Waals surface area contributed by atoms with Crippen molar-refractivity contribution in [2.45, 2.75) is 50.9 Å². The van der Waals surface area contributed by atoms with Gasteiger partial charge < -0.3 is 9.80 Å². The summed E-state index contributed by atoms with van der Waals surface area (Å²) in [6.07, 6.45) is 2.52. The van der Waals surface area contributed by atoms with Gasteiger partial charge >= 0.3 is 0 Å². The summed E-state index contributed by atoms with van der Waals surface area (Å²) in [6, 6.07) is 32.2. The molecule has 2 unspecified atom stereocenters. The summed E-state index contributed by atoms with van der Waals surface area (Å²) in [5.74, 6) is 0.0505. The van der Waals surface area contributed by atoms with Gasteiger partial charge in [-0.2, -0.15) is 0 Å². The van der Waals surface area contributed by atoms with Gasteiger partial charge in [-0.05, 0) is 77.8 Å². The molecule has 0 aromatic heterocycles. The van der Waals surface area contributed by atoms with Crippen molar-refractivity contribution in [1.29, 1.82) is 0 Å². The molecule has 6 heteroatoms. The summed E-state index contributed by atoms with van der Waals surface area (Å²) in [4.78, 5) is 33.5. The standard InChI is InChI=1S/C37H38ClN3O2/c1-25(40-20-19-27-12-6-7-16-32(27)35(40)33-17-8-9-18-34(33)38)36(42)41(31-22-28-13-4-5-14-29(28)23-31)24-26-11-10-15-30(21-26)37(43)39(2)3/h4-18,21,25,31,35H,19-20,22-24H2,1-3H3. The molecule has 5 nitrogen and oxygen atoms in total. The van der Waals surface area contributed by atoms with Crippen molar-refractivity contribution in [3.63, 3.8) is 0 Å². The van der Waals surface area contributed by atoms with E-state index in [0.29, 0.717) is 17.1 Å². The zero-order chi connectivity index (χ0) is 30.1. The van der Waals surface area contributed by atoms with E-state index in [1.165, 1.54) is 22.3 Å². The highest BCUT2D eigenvalue weighted by Gasteiger charge is 2.39. The van der Waals surface area contributed by atoms with Gasteiger partial charge in [-0.15, -0.1) is 0 Å². The Labute approximate surface area is 259 Å². The first-order valence-corrected chi connectivity index (χ1v) is 15.5. The van der Waals surface area contributed by atoms with Crippen LogP contribution in [0, 0.1) is 0 Å². The molecular formula is C37H38ClN3O2. The molecule has 4 aromatic rings. The quantitative estimate of drug-likeness (QED) is 0.244. The minimum absolute atomic E-state index is 0.0383. The minimum atomic E-state index is -0.384. The summed E-state index contributed by atoms with van der Waals surface area (Å²) in [5.41, 5.74) is 7.71. The second-order valence-electron chi connectivity index (χ2n) is 12.0. The van der Waals surface area contributed by atoms with Gasteiger partial charge in [-0.25, -0.2) is 0 Å². The summed E-state index contributed by atoms with van der Waals surface area (Å²) >= 11 is 6.81. The number of rotatable bonds is 7. The van der Waals surface area contributed by atoms with Gasteiger partial charge in [-0.1, -0.05) is 90.5 Å². The van der Waals surface area contributed by atoms with Gasteiger partial charge in [-0.3, -0.25) is 14.5 Å². The molecule has 4 aromatic carbocycles. The Morgan fingerprint density at radius 3 is 2.14 bits per heavy atom. The first-order chi connectivity index (χ1) is 20.8. The monoisotopic (exact) mass is 591 g/mol. The Balaban J connectivity index is 1.36. The van der Waals surface area contributed by atoms with E-state index in [9.17, 15) is 9.59 Å². The number of amides is 2. The predicted molar refractivity (Wildman–Crippen MR) is 172 cm³/mol. The molecule has 0 saturated heterocycles. The van der Waals surface area contributed by atoms with Crippen molar-refractivity contribution >= 4 is 23.4 Å². The molecule has 0 radical (unpaired) electrons. The molecule has 6 rings (SSSR count). The fourth-order valence-electron chi connectivity index (χ4n) is 6.83. The maximum Gasteiger partial charge on any atom is 0.253 e. The highest BCUT2D eigenvalue weighted by molar-refractivity contribution is 6.31. The SMILES string of the molecule is CC(C(=O)N(Cc1cccc(C(=O)N(C)C)c1)C1Cc2ccccc2C1)N1CCc2ccccc2C1c1ccccc1Cl. The van der Waals surface area contributed by atoms with Crippen LogP contribution in [0.2, 0.25) is 5.02 Å². The highest BCUT2D eigenvalue weighted by atomic mass is 35.5. The molecule has 2 amide bonds. The van der Waals surface area contributed by atoms with E-state index in [1.54, 1.807) is 19.0 Å². The molecule has 1 aliphatic carbocycles. The van der Waals surface area contributed by atoms with Crippen molar-refractivity contribution in [1.82, 2.24) is 14.7 Å². The molecule has 2 atom stereocenters. The molecule has 2 aliphatic rings. The lowest BCUT2D eigenvalue weighted by molar-refractivity contribution is -0.140. The Kier molecular flexibility index (Phi) is 8.38. The topological polar surface area (TPSA) is 43.9 Å². The maximum atomic E-state index is 14.8. The van der Waals surface area contributed by atoms with Gasteiger partial charge in [0.1, 0.15) is 0 Å². The van der Waals surface area contributed by atoms with Crippen LogP contribution in [0.25, 0.3) is 0 Å². The van der Waals surface area contributed by atoms with Crippen LogP contribution in [0.4, 0.5) is 0 Å². The van der Waals surface area contributed by atoms with E-state index in [-0.39, 0.29) is 29.9 Å². The number of benzene rings is 4. The Morgan fingerprint density at radius 2 is 1.47 bits per heavy atom. The first kappa shape index (κ1) is 29.2. The Morgan fingerprint density at radius 1 is 0.837 bits per heavy atom. The van der Waals surface area contributed by atoms with E-state index in [0.717, 1.165) is 36.9 Å². The van der Waals surface area contributed by atoms with Crippen molar-refractivity contribution in [2.75, 3.05) is 20.6 Å². The molecule has 0 spiro atoms. The van der Waals surface area contributed by atoms with Crippen LogP contribution in [0.15, 0.2) is 97.1 Å². The van der Waals surface area contributed by atoms with Gasteiger partial charge in [0.25, 0.3) is 5.91 Å². The van der Waals surface area contributed by atoms with Gasteiger partial charge in [0.05, 0.1) is 12.1 Å². The number of halogens is 1. The van der Waals surface area contributed by atoms with Crippen molar-refractivity contribution in [3.8, 4) is 0 Å². The number of carbonyl (C=O) groups excluding carboxylic acids is 2. The zero-order valence-electron chi connectivity index (χ0n) is 25.0. The smallest absolute Gasteiger partial charge is 0.253 e. The first-order valence-electron chi connectivity index (χ1n) is 15.1. The highest BCUT2D eigenvalue weighted by Crippen LogP contribution is 2.40. The van der Waals surface area contributed by atoms with Crippen LogP contribution in [0.5, 0.6) is 0 Å². The molecular weight excluding hydrogens is 554 g/mol. The molecule has 1 heterocycles. The lowest BCUT2D eigenvalue weighted by Crippen LogP contribution is -2.53. The van der Waals surface area contributed by atoms with Crippen LogP contribution >= 0.6 is 11.6 Å². The summed E-state index contributed by atoms with van der Waals surface area (Å²) in [7, 11) is 3.52. The average Bonchev–Trinajstić information content (AvgIpc) is 3.46. The normalized spacial score (nSPS) is 17.2. The van der Waals surface area contributed by atoms with E-state index < -0.39 is 0 Å². The zero-order valence-corrected chi connectivity index (χ0v) is 25.8. The summed E-state index contributed by atoms with van der Waals surface area (Å²) < 4.78 is 0. The third kappa shape index (κ3) is 5.84. The van der Waals surface area contributed by atoms with E-state index in [4.69, 9.17) is 11.6 Å². The van der Waals surface area contributed by atoms with Crippen molar-refractivity contribution in [3.05, 3.63) is 141 Å². The van der Waals surface area contributed by atoms with Crippen LogP contribution in [0.3, 0.4) is 0 Å². The fraction of sp³-hybridized carbons (Fsp3) is 0.297. The van der Waals surface area contributed by atoms with Gasteiger partial charge in [0.2, 0.25) is 5.91 Å². The number of nitrogens with zero attached hydrogens (tertiary/aromatic N) is 3. The predicted octanol–water partition coefficient (Wildman–Crippen LogP) is 6.57. The van der Waals surface area contributed by atoms with E-state index in [2.05, 4.69) is 64.4 Å². The van der Waals surface area contributed by atoms with Crippen LogP contribution in [-0.4, -0.2) is 59.2 Å². The lowest BCUT2D eigenvalue weighted by atomic mass is 9.87. The minimum Gasteiger partial charge on any atom is -0.345 e. The third-order valence-electron chi connectivity index (χ3n) is 9.06. The fourth-order valence-corrected chi connectivity index (χ4v) is 7.07. The van der Waals surface area contributed by atoms with Crippen molar-refractivity contribution < 1.29 is 9.59 Å². The van der Waals surface area contributed by atoms with E-state index in [1.807, 2.05) is 49.4 Å². The maximum absolute atomic E-state index is 14.8. The molecule has 0 bridgehead atoms. The lowest BCUT2D eigenvalue weighted by Gasteiger charge is -2.43. The largest absolute Gasteiger partial charge is 0.345 e. The Bertz CT molecular complexity index is 1630. The van der Waals surface area contributed by atoms with Gasteiger partial charge in [0.15, 0.2) is 0 Å². The number of hydrogen-bond acceptors (Lipinski definition) is 3. The second kappa shape index (κ2) is 12.4. The summed E-state index contributed by atoms with van der Waals surface area (Å²) in [5, 5.41) is 0.708. The van der Waals surface area contributed by atoms with Gasteiger partial charge in [0, 0.05) is 43.8 Å². The Hall–Kier alpha value is -3.93. The second-order valence-corrected chi connectivity index (χ2v) is 12.4. The van der Waals surface area contributed by atoms with Crippen LogP contribution < -0.4 is 0 Å². The molecule has 1 aliphatic heterocycles. The molecule has 0 fully saturated rings.